The van der Waals surface area contributed by atoms with E-state index in [0.717, 1.165) is 25.3 Å². The first kappa shape index (κ1) is 10.9. The Morgan fingerprint density at radius 3 is 2.73 bits per heavy atom. The van der Waals surface area contributed by atoms with E-state index in [0.29, 0.717) is 6.04 Å². The molecule has 2 rings (SSSR count). The highest BCUT2D eigenvalue weighted by Crippen LogP contribution is 2.38. The van der Waals surface area contributed by atoms with Gasteiger partial charge >= 0.3 is 0 Å². The van der Waals surface area contributed by atoms with Gasteiger partial charge in [0.15, 0.2) is 0 Å². The molecule has 2 aliphatic rings. The average Bonchev–Trinajstić information content (AvgIpc) is 2.77. The van der Waals surface area contributed by atoms with E-state index in [1.54, 1.807) is 0 Å². The molecule has 15 heavy (non-hydrogen) atoms. The van der Waals surface area contributed by atoms with Crippen LogP contribution >= 0.6 is 0 Å². The summed E-state index contributed by atoms with van der Waals surface area (Å²) in [5.41, 5.74) is 5.45. The summed E-state index contributed by atoms with van der Waals surface area (Å²) in [6, 6.07) is 0.502. The molecular formula is C12H22N2O. The maximum absolute atomic E-state index is 12.2. The van der Waals surface area contributed by atoms with Crippen LogP contribution in [-0.2, 0) is 4.79 Å². The van der Waals surface area contributed by atoms with Crippen molar-refractivity contribution in [2.45, 2.75) is 57.5 Å². The smallest absolute Gasteiger partial charge is 0.242 e. The summed E-state index contributed by atoms with van der Waals surface area (Å²) < 4.78 is 0. The number of hydrogen-bond donors (Lipinski definition) is 1. The third-order valence-electron chi connectivity index (χ3n) is 3.93. The molecule has 0 spiro atoms. The van der Waals surface area contributed by atoms with Crippen molar-refractivity contribution in [3.05, 3.63) is 0 Å². The lowest BCUT2D eigenvalue weighted by molar-refractivity contribution is -0.138. The van der Waals surface area contributed by atoms with E-state index in [4.69, 9.17) is 5.73 Å². The minimum absolute atomic E-state index is 0.177. The van der Waals surface area contributed by atoms with E-state index in [2.05, 4.69) is 6.92 Å². The summed E-state index contributed by atoms with van der Waals surface area (Å²) in [7, 11) is 0. The van der Waals surface area contributed by atoms with Crippen LogP contribution in [0, 0.1) is 5.92 Å². The lowest BCUT2D eigenvalue weighted by atomic mass is 9.94. The number of fused-ring (bicyclic) bond motifs is 2. The number of nitrogens with zero attached hydrogens (tertiary/aromatic N) is 1. The number of carbonyl (C=O) groups excluding carboxylic acids is 1. The molecule has 1 amide bonds. The van der Waals surface area contributed by atoms with Crippen LogP contribution in [0.15, 0.2) is 0 Å². The minimum atomic E-state index is -0.640. The van der Waals surface area contributed by atoms with E-state index < -0.39 is 5.54 Å². The highest BCUT2D eigenvalue weighted by Gasteiger charge is 2.44. The molecule has 1 aliphatic heterocycles. The Hall–Kier alpha value is -0.570. The Kier molecular flexibility index (Phi) is 2.75. The Balaban J connectivity index is 2.02. The molecule has 1 saturated carbocycles. The average molecular weight is 210 g/mol. The van der Waals surface area contributed by atoms with Gasteiger partial charge in [0.1, 0.15) is 0 Å². The fourth-order valence-corrected chi connectivity index (χ4v) is 3.13. The standard InChI is InChI=1S/C12H22N2O/c1-3-6-12(2,13)11(15)14-8-9-4-5-10(14)7-9/h9-10H,3-8,13H2,1-2H3. The summed E-state index contributed by atoms with van der Waals surface area (Å²) >= 11 is 0. The van der Waals surface area contributed by atoms with Gasteiger partial charge < -0.3 is 10.6 Å². The number of likely N-dealkylation sites (tertiary alicyclic amines) is 1. The molecule has 0 aromatic rings. The van der Waals surface area contributed by atoms with Gasteiger partial charge in [-0.2, -0.15) is 0 Å². The second-order valence-electron chi connectivity index (χ2n) is 5.46. The first-order chi connectivity index (χ1) is 7.04. The Bertz CT molecular complexity index is 262. The summed E-state index contributed by atoms with van der Waals surface area (Å²) in [4.78, 5) is 14.3. The van der Waals surface area contributed by atoms with Crippen LogP contribution < -0.4 is 5.73 Å². The Morgan fingerprint density at radius 2 is 2.27 bits per heavy atom. The largest absolute Gasteiger partial charge is 0.338 e. The molecule has 0 aromatic carbocycles. The molecule has 2 N–H and O–H groups in total. The summed E-state index contributed by atoms with van der Waals surface area (Å²) in [5, 5.41) is 0. The summed E-state index contributed by atoms with van der Waals surface area (Å²) in [5.74, 6) is 0.938. The van der Waals surface area contributed by atoms with Gasteiger partial charge in [-0.15, -0.1) is 0 Å². The Labute approximate surface area is 92.0 Å². The normalized spacial score (nSPS) is 33.1. The van der Waals surface area contributed by atoms with Gasteiger partial charge in [-0.1, -0.05) is 13.3 Å². The molecule has 3 heteroatoms. The van der Waals surface area contributed by atoms with Crippen LogP contribution in [0.4, 0.5) is 0 Å². The van der Waals surface area contributed by atoms with Crippen LogP contribution in [0.25, 0.3) is 0 Å². The molecule has 1 aliphatic carbocycles. The van der Waals surface area contributed by atoms with E-state index in [1.165, 1.54) is 19.3 Å². The molecule has 0 aromatic heterocycles. The second-order valence-corrected chi connectivity index (χ2v) is 5.46. The van der Waals surface area contributed by atoms with Crippen molar-refractivity contribution in [2.75, 3.05) is 6.54 Å². The van der Waals surface area contributed by atoms with E-state index in [9.17, 15) is 4.79 Å². The number of nitrogens with two attached hydrogens (primary N) is 1. The molecule has 1 saturated heterocycles. The molecule has 3 unspecified atom stereocenters. The molecular weight excluding hydrogens is 188 g/mol. The molecule has 2 bridgehead atoms. The zero-order valence-electron chi connectivity index (χ0n) is 9.83. The number of hydrogen-bond acceptors (Lipinski definition) is 2. The van der Waals surface area contributed by atoms with Crippen molar-refractivity contribution >= 4 is 5.91 Å². The van der Waals surface area contributed by atoms with Crippen molar-refractivity contribution in [1.29, 1.82) is 0 Å². The summed E-state index contributed by atoms with van der Waals surface area (Å²) in [6.07, 6.45) is 5.48. The monoisotopic (exact) mass is 210 g/mol. The molecule has 86 valence electrons. The van der Waals surface area contributed by atoms with Crippen molar-refractivity contribution in [1.82, 2.24) is 4.90 Å². The van der Waals surface area contributed by atoms with Crippen LogP contribution in [0.2, 0.25) is 0 Å². The third kappa shape index (κ3) is 1.89. The van der Waals surface area contributed by atoms with Gasteiger partial charge in [-0.05, 0) is 38.5 Å². The van der Waals surface area contributed by atoms with Crippen molar-refractivity contribution in [3.8, 4) is 0 Å². The number of amides is 1. The number of carbonyl (C=O) groups is 1. The van der Waals surface area contributed by atoms with Crippen LogP contribution in [0.1, 0.15) is 46.0 Å². The van der Waals surface area contributed by atoms with E-state index >= 15 is 0 Å². The fourth-order valence-electron chi connectivity index (χ4n) is 3.13. The highest BCUT2D eigenvalue weighted by molar-refractivity contribution is 5.86. The molecule has 2 fully saturated rings. The molecule has 3 nitrogen and oxygen atoms in total. The Morgan fingerprint density at radius 1 is 1.53 bits per heavy atom. The maximum Gasteiger partial charge on any atom is 0.242 e. The van der Waals surface area contributed by atoms with E-state index in [-0.39, 0.29) is 5.91 Å². The number of piperidine rings is 1. The number of rotatable bonds is 3. The lowest BCUT2D eigenvalue weighted by Crippen LogP contribution is -2.55. The quantitative estimate of drug-likeness (QED) is 0.767. The third-order valence-corrected chi connectivity index (χ3v) is 3.93. The zero-order valence-corrected chi connectivity index (χ0v) is 9.83. The van der Waals surface area contributed by atoms with Gasteiger partial charge in [-0.25, -0.2) is 0 Å². The van der Waals surface area contributed by atoms with Crippen LogP contribution in [0.3, 0.4) is 0 Å². The fraction of sp³-hybridized carbons (Fsp3) is 0.917. The molecule has 0 radical (unpaired) electrons. The topological polar surface area (TPSA) is 46.3 Å². The van der Waals surface area contributed by atoms with E-state index in [1.807, 2.05) is 11.8 Å². The predicted octanol–water partition coefficient (Wildman–Crippen LogP) is 1.51. The zero-order chi connectivity index (χ0) is 11.1. The van der Waals surface area contributed by atoms with Gasteiger partial charge in [0, 0.05) is 12.6 Å². The SMILES string of the molecule is CCCC(C)(N)C(=O)N1CC2CCC1C2. The van der Waals surface area contributed by atoms with Gasteiger partial charge in [0.05, 0.1) is 5.54 Å². The van der Waals surface area contributed by atoms with Gasteiger partial charge in [-0.3, -0.25) is 4.79 Å². The predicted molar refractivity (Wildman–Crippen MR) is 60.3 cm³/mol. The maximum atomic E-state index is 12.2. The first-order valence-corrected chi connectivity index (χ1v) is 6.14. The molecule has 3 atom stereocenters. The van der Waals surface area contributed by atoms with Crippen molar-refractivity contribution < 1.29 is 4.79 Å². The van der Waals surface area contributed by atoms with Crippen molar-refractivity contribution in [3.63, 3.8) is 0 Å². The van der Waals surface area contributed by atoms with Crippen molar-refractivity contribution in [2.24, 2.45) is 11.7 Å². The first-order valence-electron chi connectivity index (χ1n) is 6.14. The summed E-state index contributed by atoms with van der Waals surface area (Å²) in [6.45, 7) is 4.92. The highest BCUT2D eigenvalue weighted by atomic mass is 16.2. The minimum Gasteiger partial charge on any atom is -0.338 e. The lowest BCUT2D eigenvalue weighted by Gasteiger charge is -2.34. The van der Waals surface area contributed by atoms with Crippen LogP contribution in [0.5, 0.6) is 0 Å². The second kappa shape index (κ2) is 3.78. The van der Waals surface area contributed by atoms with Gasteiger partial charge in [0.25, 0.3) is 0 Å². The molecule has 1 heterocycles. The van der Waals surface area contributed by atoms with Crippen LogP contribution in [-0.4, -0.2) is 28.9 Å². The van der Waals surface area contributed by atoms with Gasteiger partial charge in [0.2, 0.25) is 5.91 Å².